The molecule has 28 heavy (non-hydrogen) atoms. The number of hydrogen-bond acceptors (Lipinski definition) is 5. The van der Waals surface area contributed by atoms with E-state index in [1.54, 1.807) is 17.4 Å². The number of benzene rings is 1. The van der Waals surface area contributed by atoms with Crippen LogP contribution in [0.3, 0.4) is 0 Å². The van der Waals surface area contributed by atoms with Gasteiger partial charge in [0.05, 0.1) is 10.6 Å². The molecule has 3 heterocycles. The Balaban J connectivity index is 1.47. The van der Waals surface area contributed by atoms with Gasteiger partial charge in [0, 0.05) is 48.2 Å². The van der Waals surface area contributed by atoms with Gasteiger partial charge in [0.25, 0.3) is 5.91 Å². The fourth-order valence-corrected chi connectivity index (χ4v) is 5.28. The van der Waals surface area contributed by atoms with E-state index in [4.69, 9.17) is 0 Å². The number of nitrogens with zero attached hydrogens (tertiary/aromatic N) is 3. The molecule has 4 nitrogen and oxygen atoms in total. The van der Waals surface area contributed by atoms with Crippen LogP contribution in [0, 0.1) is 5.82 Å². The van der Waals surface area contributed by atoms with Crippen molar-refractivity contribution in [2.24, 2.45) is 0 Å². The molecule has 148 valence electrons. The van der Waals surface area contributed by atoms with Crippen LogP contribution < -0.4 is 4.90 Å². The molecule has 4 rings (SSSR count). The summed E-state index contributed by atoms with van der Waals surface area (Å²) in [5, 5.41) is 9.31. The minimum atomic E-state index is -0.190. The number of piperazine rings is 1. The summed E-state index contributed by atoms with van der Waals surface area (Å²) in [6.07, 6.45) is 2.06. The summed E-state index contributed by atoms with van der Waals surface area (Å²) in [7, 11) is 0. The first kappa shape index (κ1) is 19.4. The molecule has 0 N–H and O–H groups in total. The molecule has 1 aromatic carbocycles. The standard InChI is InChI=1S/C21H24FN3OS2/c1-2-3-8-25(21(26)19-5-4-13-27-19)24-11-9-23(10-12-24)18-15-28-20-14-16(22)6-7-17(18)20/h4-7,13-15H,2-3,8-12H2,1H3. The highest BCUT2D eigenvalue weighted by Gasteiger charge is 2.27. The minimum Gasteiger partial charge on any atom is -0.368 e. The third-order valence-electron chi connectivity index (χ3n) is 5.15. The maximum Gasteiger partial charge on any atom is 0.278 e. The van der Waals surface area contributed by atoms with Crippen molar-refractivity contribution in [3.8, 4) is 0 Å². The van der Waals surface area contributed by atoms with E-state index in [-0.39, 0.29) is 11.7 Å². The largest absolute Gasteiger partial charge is 0.368 e. The normalized spacial score (nSPS) is 15.3. The number of rotatable bonds is 6. The molecular formula is C21H24FN3OS2. The van der Waals surface area contributed by atoms with E-state index in [0.29, 0.717) is 0 Å². The Labute approximate surface area is 172 Å². The van der Waals surface area contributed by atoms with Crippen molar-refractivity contribution in [3.63, 3.8) is 0 Å². The van der Waals surface area contributed by atoms with Crippen molar-refractivity contribution in [2.75, 3.05) is 37.6 Å². The van der Waals surface area contributed by atoms with Gasteiger partial charge in [-0.1, -0.05) is 19.4 Å². The van der Waals surface area contributed by atoms with E-state index in [1.807, 2.05) is 28.6 Å². The zero-order valence-corrected chi connectivity index (χ0v) is 17.6. The van der Waals surface area contributed by atoms with Gasteiger partial charge in [0.15, 0.2) is 0 Å². The van der Waals surface area contributed by atoms with Crippen LogP contribution in [0.15, 0.2) is 41.1 Å². The van der Waals surface area contributed by atoms with Gasteiger partial charge in [-0.2, -0.15) is 0 Å². The molecule has 0 radical (unpaired) electrons. The average Bonchev–Trinajstić information content (AvgIpc) is 3.38. The quantitative estimate of drug-likeness (QED) is 0.559. The number of hydrazine groups is 1. The van der Waals surface area contributed by atoms with Gasteiger partial charge in [-0.05, 0) is 36.1 Å². The predicted octanol–water partition coefficient (Wildman–Crippen LogP) is 5.08. The molecule has 0 bridgehead atoms. The molecule has 0 unspecified atom stereocenters. The third kappa shape index (κ3) is 3.92. The van der Waals surface area contributed by atoms with Crippen molar-refractivity contribution in [3.05, 3.63) is 51.8 Å². The molecule has 1 aliphatic heterocycles. The van der Waals surface area contributed by atoms with Crippen LogP contribution >= 0.6 is 22.7 Å². The number of unbranched alkanes of at least 4 members (excludes halogenated alkanes) is 1. The second kappa shape index (κ2) is 8.59. The van der Waals surface area contributed by atoms with Crippen molar-refractivity contribution in [1.82, 2.24) is 10.0 Å². The van der Waals surface area contributed by atoms with Crippen molar-refractivity contribution in [1.29, 1.82) is 0 Å². The van der Waals surface area contributed by atoms with Gasteiger partial charge < -0.3 is 4.90 Å². The molecule has 3 aromatic rings. The summed E-state index contributed by atoms with van der Waals surface area (Å²) in [6, 6.07) is 8.83. The topological polar surface area (TPSA) is 26.8 Å². The molecule has 0 spiro atoms. The first-order valence-electron chi connectivity index (χ1n) is 9.69. The minimum absolute atomic E-state index is 0.105. The number of carbonyl (C=O) groups excluding carboxylic acids is 1. The summed E-state index contributed by atoms with van der Waals surface area (Å²) < 4.78 is 14.5. The lowest BCUT2D eigenvalue weighted by Crippen LogP contribution is -2.55. The van der Waals surface area contributed by atoms with E-state index in [0.717, 1.165) is 60.5 Å². The van der Waals surface area contributed by atoms with E-state index in [9.17, 15) is 9.18 Å². The Morgan fingerprint density at radius 3 is 2.71 bits per heavy atom. The van der Waals surface area contributed by atoms with Crippen LogP contribution in [-0.4, -0.2) is 48.6 Å². The van der Waals surface area contributed by atoms with Gasteiger partial charge >= 0.3 is 0 Å². The molecular weight excluding hydrogens is 393 g/mol. The number of amides is 1. The van der Waals surface area contributed by atoms with E-state index in [2.05, 4.69) is 22.2 Å². The molecule has 2 aromatic heterocycles. The number of thiophene rings is 2. The number of halogens is 1. The highest BCUT2D eigenvalue weighted by atomic mass is 32.1. The number of carbonyl (C=O) groups is 1. The Morgan fingerprint density at radius 2 is 2.00 bits per heavy atom. The third-order valence-corrected chi connectivity index (χ3v) is 6.94. The Bertz CT molecular complexity index is 932. The van der Waals surface area contributed by atoms with Crippen LogP contribution in [0.25, 0.3) is 10.1 Å². The number of fused-ring (bicyclic) bond motifs is 1. The Hall–Kier alpha value is -1.96. The van der Waals surface area contributed by atoms with Gasteiger partial charge in [0.2, 0.25) is 0 Å². The van der Waals surface area contributed by atoms with Crippen LogP contribution in [-0.2, 0) is 0 Å². The smallest absolute Gasteiger partial charge is 0.278 e. The molecule has 7 heteroatoms. The van der Waals surface area contributed by atoms with Gasteiger partial charge in [-0.15, -0.1) is 22.7 Å². The van der Waals surface area contributed by atoms with Crippen LogP contribution in [0.2, 0.25) is 0 Å². The molecule has 1 saturated heterocycles. The van der Waals surface area contributed by atoms with Crippen molar-refractivity contribution in [2.45, 2.75) is 19.8 Å². The molecule has 1 fully saturated rings. The Morgan fingerprint density at radius 1 is 1.18 bits per heavy atom. The monoisotopic (exact) mass is 417 g/mol. The molecule has 1 amide bonds. The lowest BCUT2D eigenvalue weighted by atomic mass is 10.2. The zero-order valence-electron chi connectivity index (χ0n) is 15.9. The second-order valence-electron chi connectivity index (χ2n) is 6.96. The zero-order chi connectivity index (χ0) is 19.5. The average molecular weight is 418 g/mol. The lowest BCUT2D eigenvalue weighted by molar-refractivity contribution is -0.0139. The summed E-state index contributed by atoms with van der Waals surface area (Å²) in [5.74, 6) is -0.0854. The maximum atomic E-state index is 13.5. The van der Waals surface area contributed by atoms with Gasteiger partial charge in [-0.25, -0.2) is 9.40 Å². The Kier molecular flexibility index (Phi) is 5.94. The second-order valence-corrected chi connectivity index (χ2v) is 8.82. The summed E-state index contributed by atoms with van der Waals surface area (Å²) in [5.41, 5.74) is 1.17. The number of anilines is 1. The van der Waals surface area contributed by atoms with Crippen LogP contribution in [0.1, 0.15) is 29.4 Å². The summed E-state index contributed by atoms with van der Waals surface area (Å²) in [4.78, 5) is 16.1. The van der Waals surface area contributed by atoms with Crippen molar-refractivity contribution < 1.29 is 9.18 Å². The fraction of sp³-hybridized carbons (Fsp3) is 0.381. The lowest BCUT2D eigenvalue weighted by Gasteiger charge is -2.41. The van der Waals surface area contributed by atoms with Gasteiger partial charge in [0.1, 0.15) is 5.82 Å². The van der Waals surface area contributed by atoms with E-state index < -0.39 is 0 Å². The SMILES string of the molecule is CCCCN(C(=O)c1cccs1)N1CCN(c2csc3cc(F)ccc23)CC1. The highest BCUT2D eigenvalue weighted by Crippen LogP contribution is 2.34. The molecule has 0 aliphatic carbocycles. The van der Waals surface area contributed by atoms with Crippen LogP contribution in [0.5, 0.6) is 0 Å². The van der Waals surface area contributed by atoms with E-state index in [1.165, 1.54) is 23.1 Å². The highest BCUT2D eigenvalue weighted by molar-refractivity contribution is 7.17. The summed E-state index contributed by atoms with van der Waals surface area (Å²) in [6.45, 7) is 6.22. The predicted molar refractivity (Wildman–Crippen MR) is 116 cm³/mol. The first-order valence-corrected chi connectivity index (χ1v) is 11.4. The van der Waals surface area contributed by atoms with Crippen LogP contribution in [0.4, 0.5) is 10.1 Å². The summed E-state index contributed by atoms with van der Waals surface area (Å²) >= 11 is 3.09. The molecule has 0 saturated carbocycles. The number of hydrogen-bond donors (Lipinski definition) is 0. The molecule has 0 atom stereocenters. The maximum absolute atomic E-state index is 13.5. The first-order chi connectivity index (χ1) is 13.7. The van der Waals surface area contributed by atoms with E-state index >= 15 is 0 Å². The van der Waals surface area contributed by atoms with Gasteiger partial charge in [-0.3, -0.25) is 9.80 Å². The molecule has 1 aliphatic rings. The van der Waals surface area contributed by atoms with Crippen molar-refractivity contribution >= 4 is 44.4 Å². The fourth-order valence-electron chi connectivity index (χ4n) is 3.62.